The van der Waals surface area contributed by atoms with Crippen LogP contribution in [0.1, 0.15) is 37.7 Å². The fraction of sp³-hybridized carbons (Fsp3) is 0.417. The summed E-state index contributed by atoms with van der Waals surface area (Å²) < 4.78 is 1.27. The van der Waals surface area contributed by atoms with E-state index in [0.717, 1.165) is 19.1 Å². The number of halogens is 1. The van der Waals surface area contributed by atoms with Crippen LogP contribution in [0.5, 0.6) is 0 Å². The normalized spacial score (nSPS) is 12.4. The van der Waals surface area contributed by atoms with Gasteiger partial charge in [0.1, 0.15) is 6.29 Å². The lowest BCUT2D eigenvalue weighted by Gasteiger charge is -2.10. The minimum Gasteiger partial charge on any atom is -0.303 e. The number of aldehydes is 1. The summed E-state index contributed by atoms with van der Waals surface area (Å²) in [6.45, 7) is 2.22. The van der Waals surface area contributed by atoms with Gasteiger partial charge in [0.2, 0.25) is 0 Å². The first-order chi connectivity index (χ1) is 6.74. The molecule has 0 saturated carbocycles. The predicted octanol–water partition coefficient (Wildman–Crippen LogP) is 3.76. The van der Waals surface area contributed by atoms with E-state index in [1.807, 2.05) is 0 Å². The maximum atomic E-state index is 10.2. The lowest BCUT2D eigenvalue weighted by molar-refractivity contribution is -0.107. The summed E-state index contributed by atoms with van der Waals surface area (Å²) in [6.07, 6.45) is 3.78. The highest BCUT2D eigenvalue weighted by Gasteiger charge is 2.04. The SMILES string of the molecule is CC(CCCC=O)c1ccc(I)cc1. The number of unbranched alkanes of at least 4 members (excludes halogenated alkanes) is 1. The third-order valence-corrected chi connectivity index (χ3v) is 3.12. The highest BCUT2D eigenvalue weighted by molar-refractivity contribution is 14.1. The number of carbonyl (C=O) groups is 1. The predicted molar refractivity (Wildman–Crippen MR) is 67.5 cm³/mol. The molecule has 0 N–H and O–H groups in total. The maximum absolute atomic E-state index is 10.2. The van der Waals surface area contributed by atoms with Crippen LogP contribution in [-0.2, 0) is 4.79 Å². The average molecular weight is 302 g/mol. The second kappa shape index (κ2) is 6.17. The zero-order valence-corrected chi connectivity index (χ0v) is 10.5. The Morgan fingerprint density at radius 1 is 1.36 bits per heavy atom. The molecule has 1 nitrogen and oxygen atoms in total. The van der Waals surface area contributed by atoms with Gasteiger partial charge in [0.15, 0.2) is 0 Å². The van der Waals surface area contributed by atoms with Crippen LogP contribution in [0.2, 0.25) is 0 Å². The molecular formula is C12H15IO. The standard InChI is InChI=1S/C12H15IO/c1-10(4-2-3-9-14)11-5-7-12(13)8-6-11/h5-10H,2-4H2,1H3. The highest BCUT2D eigenvalue weighted by Crippen LogP contribution is 2.21. The van der Waals surface area contributed by atoms with E-state index in [2.05, 4.69) is 53.8 Å². The van der Waals surface area contributed by atoms with E-state index in [9.17, 15) is 4.79 Å². The third kappa shape index (κ3) is 3.78. The van der Waals surface area contributed by atoms with Crippen LogP contribution in [-0.4, -0.2) is 6.29 Å². The van der Waals surface area contributed by atoms with Crippen molar-refractivity contribution in [3.8, 4) is 0 Å². The third-order valence-electron chi connectivity index (χ3n) is 2.40. The van der Waals surface area contributed by atoms with Crippen LogP contribution in [0.3, 0.4) is 0 Å². The van der Waals surface area contributed by atoms with E-state index in [4.69, 9.17) is 0 Å². The monoisotopic (exact) mass is 302 g/mol. The van der Waals surface area contributed by atoms with Crippen molar-refractivity contribution >= 4 is 28.9 Å². The number of hydrogen-bond donors (Lipinski definition) is 0. The fourth-order valence-corrected chi connectivity index (χ4v) is 1.82. The van der Waals surface area contributed by atoms with Gasteiger partial charge in [-0.15, -0.1) is 0 Å². The Morgan fingerprint density at radius 2 is 2.00 bits per heavy atom. The van der Waals surface area contributed by atoms with Gasteiger partial charge in [0, 0.05) is 9.99 Å². The molecule has 1 rings (SSSR count). The van der Waals surface area contributed by atoms with Crippen molar-refractivity contribution in [2.45, 2.75) is 32.1 Å². The van der Waals surface area contributed by atoms with E-state index in [1.54, 1.807) is 0 Å². The van der Waals surface area contributed by atoms with Crippen LogP contribution in [0, 0.1) is 3.57 Å². The van der Waals surface area contributed by atoms with Gasteiger partial charge in [0.25, 0.3) is 0 Å². The Bertz CT molecular complexity index is 279. The minimum atomic E-state index is 0.562. The van der Waals surface area contributed by atoms with Crippen molar-refractivity contribution in [2.24, 2.45) is 0 Å². The molecule has 0 heterocycles. The van der Waals surface area contributed by atoms with E-state index >= 15 is 0 Å². The molecule has 0 aliphatic rings. The summed E-state index contributed by atoms with van der Waals surface area (Å²) in [7, 11) is 0. The van der Waals surface area contributed by atoms with Gasteiger partial charge >= 0.3 is 0 Å². The van der Waals surface area contributed by atoms with Crippen LogP contribution >= 0.6 is 22.6 Å². The molecule has 76 valence electrons. The molecular weight excluding hydrogens is 287 g/mol. The summed E-state index contributed by atoms with van der Waals surface area (Å²) >= 11 is 2.31. The molecule has 1 aromatic rings. The molecule has 0 aliphatic heterocycles. The van der Waals surface area contributed by atoms with E-state index in [0.29, 0.717) is 12.3 Å². The molecule has 2 heteroatoms. The quantitative estimate of drug-likeness (QED) is 0.460. The molecule has 1 atom stereocenters. The molecule has 1 aromatic carbocycles. The van der Waals surface area contributed by atoms with Gasteiger partial charge in [0.05, 0.1) is 0 Å². The molecule has 0 radical (unpaired) electrons. The first-order valence-electron chi connectivity index (χ1n) is 4.93. The van der Waals surface area contributed by atoms with Gasteiger partial charge in [-0.2, -0.15) is 0 Å². The van der Waals surface area contributed by atoms with E-state index < -0.39 is 0 Å². The number of benzene rings is 1. The molecule has 0 aromatic heterocycles. The van der Waals surface area contributed by atoms with Crippen LogP contribution in [0.4, 0.5) is 0 Å². The molecule has 0 amide bonds. The zero-order chi connectivity index (χ0) is 10.4. The van der Waals surface area contributed by atoms with Gasteiger partial charge < -0.3 is 4.79 Å². The van der Waals surface area contributed by atoms with Gasteiger partial charge in [-0.1, -0.05) is 19.1 Å². The highest BCUT2D eigenvalue weighted by atomic mass is 127. The van der Waals surface area contributed by atoms with Crippen LogP contribution in [0.15, 0.2) is 24.3 Å². The van der Waals surface area contributed by atoms with Crippen molar-refractivity contribution in [1.82, 2.24) is 0 Å². The lowest BCUT2D eigenvalue weighted by Crippen LogP contribution is -1.93. The summed E-state index contributed by atoms with van der Waals surface area (Å²) in [5, 5.41) is 0. The van der Waals surface area contributed by atoms with E-state index in [-0.39, 0.29) is 0 Å². The first-order valence-corrected chi connectivity index (χ1v) is 6.01. The topological polar surface area (TPSA) is 17.1 Å². The summed E-state index contributed by atoms with van der Waals surface area (Å²) in [4.78, 5) is 10.2. The second-order valence-corrected chi connectivity index (χ2v) is 4.80. The maximum Gasteiger partial charge on any atom is 0.119 e. The Morgan fingerprint density at radius 3 is 2.57 bits per heavy atom. The zero-order valence-electron chi connectivity index (χ0n) is 8.37. The summed E-state index contributed by atoms with van der Waals surface area (Å²) in [5.41, 5.74) is 1.37. The molecule has 0 bridgehead atoms. The molecule has 0 fully saturated rings. The second-order valence-electron chi connectivity index (χ2n) is 3.55. The molecule has 0 saturated heterocycles. The number of carbonyl (C=O) groups excluding carboxylic acids is 1. The average Bonchev–Trinajstić information content (AvgIpc) is 2.19. The van der Waals surface area contributed by atoms with Crippen molar-refractivity contribution < 1.29 is 4.79 Å². The molecule has 0 spiro atoms. The Labute approximate surface area is 99.0 Å². The van der Waals surface area contributed by atoms with Gasteiger partial charge in [-0.3, -0.25) is 0 Å². The van der Waals surface area contributed by atoms with Crippen molar-refractivity contribution in [3.63, 3.8) is 0 Å². The summed E-state index contributed by atoms with van der Waals surface area (Å²) in [5.74, 6) is 0.562. The molecule has 14 heavy (non-hydrogen) atoms. The smallest absolute Gasteiger partial charge is 0.119 e. The number of hydrogen-bond acceptors (Lipinski definition) is 1. The fourth-order valence-electron chi connectivity index (χ4n) is 1.47. The molecule has 1 unspecified atom stereocenters. The Kier molecular flexibility index (Phi) is 5.15. The molecule has 0 aliphatic carbocycles. The van der Waals surface area contributed by atoms with Crippen molar-refractivity contribution in [3.05, 3.63) is 33.4 Å². The van der Waals surface area contributed by atoms with E-state index in [1.165, 1.54) is 9.13 Å². The van der Waals surface area contributed by atoms with Crippen LogP contribution < -0.4 is 0 Å². The van der Waals surface area contributed by atoms with Crippen molar-refractivity contribution in [1.29, 1.82) is 0 Å². The van der Waals surface area contributed by atoms with Gasteiger partial charge in [-0.05, 0) is 59.0 Å². The van der Waals surface area contributed by atoms with Crippen molar-refractivity contribution in [2.75, 3.05) is 0 Å². The number of rotatable bonds is 5. The minimum absolute atomic E-state index is 0.562. The summed E-state index contributed by atoms with van der Waals surface area (Å²) in [6, 6.07) is 8.61. The Balaban J connectivity index is 2.47. The van der Waals surface area contributed by atoms with Gasteiger partial charge in [-0.25, -0.2) is 0 Å². The largest absolute Gasteiger partial charge is 0.303 e. The Hall–Kier alpha value is -0.380. The lowest BCUT2D eigenvalue weighted by atomic mass is 9.96. The van der Waals surface area contributed by atoms with Crippen LogP contribution in [0.25, 0.3) is 0 Å². The first kappa shape index (κ1) is 11.7.